The lowest BCUT2D eigenvalue weighted by Crippen LogP contribution is -2.30. The first-order valence-electron chi connectivity index (χ1n) is 5.23. The fraction of sp³-hybridized carbons (Fsp3) is 0.364. The summed E-state index contributed by atoms with van der Waals surface area (Å²) in [4.78, 5) is 23.2. The SMILES string of the molecule is C=C(Br)CNC(=O)c1ccc(=O)n(CCOC)n1. The number of amides is 1. The van der Waals surface area contributed by atoms with Gasteiger partial charge in [0.25, 0.3) is 11.5 Å². The Labute approximate surface area is 113 Å². The third-order valence-electron chi connectivity index (χ3n) is 2.05. The van der Waals surface area contributed by atoms with E-state index in [2.05, 4.69) is 32.9 Å². The molecule has 1 amide bonds. The summed E-state index contributed by atoms with van der Waals surface area (Å²) in [5.41, 5.74) is -0.0899. The zero-order chi connectivity index (χ0) is 13.5. The molecule has 0 saturated carbocycles. The smallest absolute Gasteiger partial charge is 0.272 e. The minimum absolute atomic E-state index is 0.180. The van der Waals surface area contributed by atoms with Crippen molar-refractivity contribution in [3.05, 3.63) is 39.2 Å². The lowest BCUT2D eigenvalue weighted by atomic mass is 10.3. The first-order chi connectivity index (χ1) is 8.54. The zero-order valence-electron chi connectivity index (χ0n) is 9.98. The Hall–Kier alpha value is -1.47. The Bertz CT molecular complexity index is 499. The van der Waals surface area contributed by atoms with E-state index in [1.54, 1.807) is 0 Å². The van der Waals surface area contributed by atoms with Crippen molar-refractivity contribution in [2.45, 2.75) is 6.54 Å². The quantitative estimate of drug-likeness (QED) is 0.831. The number of hydrogen-bond acceptors (Lipinski definition) is 4. The number of nitrogens with zero attached hydrogens (tertiary/aromatic N) is 2. The van der Waals surface area contributed by atoms with E-state index in [4.69, 9.17) is 4.74 Å². The van der Waals surface area contributed by atoms with Gasteiger partial charge in [-0.1, -0.05) is 22.5 Å². The van der Waals surface area contributed by atoms with E-state index in [-0.39, 0.29) is 17.2 Å². The molecule has 1 heterocycles. The van der Waals surface area contributed by atoms with Gasteiger partial charge in [-0.3, -0.25) is 9.59 Å². The maximum atomic E-state index is 11.7. The van der Waals surface area contributed by atoms with Gasteiger partial charge < -0.3 is 10.1 Å². The highest BCUT2D eigenvalue weighted by Crippen LogP contribution is 1.98. The van der Waals surface area contributed by atoms with Crippen LogP contribution in [0.3, 0.4) is 0 Å². The van der Waals surface area contributed by atoms with E-state index in [1.165, 1.54) is 23.9 Å². The maximum absolute atomic E-state index is 11.7. The van der Waals surface area contributed by atoms with Crippen molar-refractivity contribution >= 4 is 21.8 Å². The zero-order valence-corrected chi connectivity index (χ0v) is 11.6. The fourth-order valence-corrected chi connectivity index (χ4v) is 1.31. The Morgan fingerprint density at radius 3 is 2.94 bits per heavy atom. The largest absolute Gasteiger partial charge is 0.383 e. The van der Waals surface area contributed by atoms with Gasteiger partial charge in [0.1, 0.15) is 5.69 Å². The molecule has 7 heteroatoms. The number of aromatic nitrogens is 2. The molecule has 1 aromatic rings. The standard InChI is InChI=1S/C11H14BrN3O3/c1-8(12)7-13-11(17)9-3-4-10(16)15(14-9)5-6-18-2/h3-4H,1,5-7H2,2H3,(H,13,17). The molecule has 18 heavy (non-hydrogen) atoms. The van der Waals surface area contributed by atoms with E-state index in [9.17, 15) is 9.59 Å². The molecule has 1 N–H and O–H groups in total. The molecule has 1 rings (SSSR count). The summed E-state index contributed by atoms with van der Waals surface area (Å²) >= 11 is 3.13. The predicted octanol–water partition coefficient (Wildman–Crippen LogP) is 0.528. The number of halogens is 1. The number of methoxy groups -OCH3 is 1. The lowest BCUT2D eigenvalue weighted by molar-refractivity contribution is 0.0949. The number of carbonyl (C=O) groups excluding carboxylic acids is 1. The molecule has 0 aliphatic rings. The summed E-state index contributed by atoms with van der Waals surface area (Å²) in [6.45, 7) is 4.57. The summed E-state index contributed by atoms with van der Waals surface area (Å²) in [7, 11) is 1.53. The van der Waals surface area contributed by atoms with Gasteiger partial charge in [0.2, 0.25) is 0 Å². The van der Waals surface area contributed by atoms with Gasteiger partial charge in [0, 0.05) is 24.2 Å². The van der Waals surface area contributed by atoms with Crippen molar-refractivity contribution in [2.75, 3.05) is 20.3 Å². The molecule has 0 spiro atoms. The fourth-order valence-electron chi connectivity index (χ4n) is 1.17. The van der Waals surface area contributed by atoms with Crippen molar-refractivity contribution in [1.82, 2.24) is 15.1 Å². The van der Waals surface area contributed by atoms with Crippen LogP contribution < -0.4 is 10.9 Å². The van der Waals surface area contributed by atoms with Crippen molar-refractivity contribution in [3.8, 4) is 0 Å². The molecular formula is C11H14BrN3O3. The van der Waals surface area contributed by atoms with Crippen molar-refractivity contribution in [1.29, 1.82) is 0 Å². The molecule has 0 radical (unpaired) electrons. The molecule has 0 aliphatic heterocycles. The number of nitrogens with one attached hydrogen (secondary N) is 1. The molecule has 0 fully saturated rings. The van der Waals surface area contributed by atoms with Gasteiger partial charge in [-0.25, -0.2) is 4.68 Å². The van der Waals surface area contributed by atoms with Crippen LogP contribution in [-0.4, -0.2) is 35.9 Å². The molecule has 98 valence electrons. The number of carbonyl (C=O) groups is 1. The average Bonchev–Trinajstić information content (AvgIpc) is 2.35. The van der Waals surface area contributed by atoms with Crippen molar-refractivity contribution < 1.29 is 9.53 Å². The number of ether oxygens (including phenoxy) is 1. The first kappa shape index (κ1) is 14.6. The first-order valence-corrected chi connectivity index (χ1v) is 6.02. The Morgan fingerprint density at radius 1 is 1.61 bits per heavy atom. The Kier molecular flexibility index (Phi) is 5.73. The number of rotatable bonds is 6. The number of hydrogen-bond donors (Lipinski definition) is 1. The molecule has 1 aromatic heterocycles. The summed E-state index contributed by atoms with van der Waals surface area (Å²) in [5, 5.41) is 6.56. The minimum Gasteiger partial charge on any atom is -0.383 e. The summed E-state index contributed by atoms with van der Waals surface area (Å²) in [6, 6.07) is 2.69. The van der Waals surface area contributed by atoms with Crippen LogP contribution in [0.5, 0.6) is 0 Å². The molecular weight excluding hydrogens is 302 g/mol. The minimum atomic E-state index is -0.359. The van der Waals surface area contributed by atoms with Crippen LogP contribution in [0, 0.1) is 0 Å². The second-order valence-corrected chi connectivity index (χ2v) is 4.59. The predicted molar refractivity (Wildman–Crippen MR) is 70.8 cm³/mol. The summed E-state index contributed by atoms with van der Waals surface area (Å²) < 4.78 is 6.71. The topological polar surface area (TPSA) is 73.2 Å². The van der Waals surface area contributed by atoms with E-state index in [1.807, 2.05) is 0 Å². The van der Waals surface area contributed by atoms with Crippen molar-refractivity contribution in [2.24, 2.45) is 0 Å². The van der Waals surface area contributed by atoms with Crippen LogP contribution in [0.1, 0.15) is 10.5 Å². The van der Waals surface area contributed by atoms with Gasteiger partial charge in [0.15, 0.2) is 0 Å². The summed E-state index contributed by atoms with van der Waals surface area (Å²) in [6.07, 6.45) is 0. The van der Waals surface area contributed by atoms with Crippen LogP contribution in [0.4, 0.5) is 0 Å². The third-order valence-corrected chi connectivity index (χ3v) is 2.33. The van der Waals surface area contributed by atoms with Gasteiger partial charge in [-0.2, -0.15) is 5.10 Å². The third kappa shape index (κ3) is 4.42. The molecule has 0 aliphatic carbocycles. The van der Waals surface area contributed by atoms with Gasteiger partial charge >= 0.3 is 0 Å². The Balaban J connectivity index is 2.80. The normalized spacial score (nSPS) is 10.1. The van der Waals surface area contributed by atoms with E-state index in [0.29, 0.717) is 24.2 Å². The van der Waals surface area contributed by atoms with Crippen molar-refractivity contribution in [3.63, 3.8) is 0 Å². The van der Waals surface area contributed by atoms with Crippen LogP contribution in [0.25, 0.3) is 0 Å². The summed E-state index contributed by atoms with van der Waals surface area (Å²) in [5.74, 6) is -0.359. The molecule has 0 saturated heterocycles. The molecule has 0 unspecified atom stereocenters. The van der Waals surface area contributed by atoms with Gasteiger partial charge in [-0.15, -0.1) is 0 Å². The van der Waals surface area contributed by atoms with Crippen LogP contribution in [0.2, 0.25) is 0 Å². The second-order valence-electron chi connectivity index (χ2n) is 3.47. The molecule has 0 bridgehead atoms. The highest BCUT2D eigenvalue weighted by atomic mass is 79.9. The molecule has 6 nitrogen and oxygen atoms in total. The lowest BCUT2D eigenvalue weighted by Gasteiger charge is -2.06. The average molecular weight is 316 g/mol. The monoisotopic (exact) mass is 315 g/mol. The van der Waals surface area contributed by atoms with Gasteiger partial charge in [-0.05, 0) is 6.07 Å². The molecule has 0 aromatic carbocycles. The van der Waals surface area contributed by atoms with E-state index < -0.39 is 0 Å². The highest BCUT2D eigenvalue weighted by Gasteiger charge is 2.09. The molecule has 0 atom stereocenters. The Morgan fingerprint density at radius 2 is 2.33 bits per heavy atom. The highest BCUT2D eigenvalue weighted by molar-refractivity contribution is 9.11. The maximum Gasteiger partial charge on any atom is 0.272 e. The van der Waals surface area contributed by atoms with Crippen LogP contribution >= 0.6 is 15.9 Å². The van der Waals surface area contributed by atoms with E-state index in [0.717, 1.165) is 0 Å². The second kappa shape index (κ2) is 7.07. The van der Waals surface area contributed by atoms with E-state index >= 15 is 0 Å². The van der Waals surface area contributed by atoms with Crippen LogP contribution in [-0.2, 0) is 11.3 Å². The van der Waals surface area contributed by atoms with Gasteiger partial charge in [0.05, 0.1) is 13.2 Å². The van der Waals surface area contributed by atoms with Crippen LogP contribution in [0.15, 0.2) is 28.0 Å².